The van der Waals surface area contributed by atoms with Gasteiger partial charge in [0.15, 0.2) is 0 Å². The van der Waals surface area contributed by atoms with Gasteiger partial charge in [0.05, 0.1) is 4.70 Å². The van der Waals surface area contributed by atoms with Gasteiger partial charge < -0.3 is 5.73 Å². The molecular weight excluding hydrogens is 224 g/mol. The first-order valence-electron chi connectivity index (χ1n) is 3.08. The van der Waals surface area contributed by atoms with Crippen molar-refractivity contribution in [3.8, 4) is 0 Å². The molecule has 0 atom stereocenters. The third-order valence-electron chi connectivity index (χ3n) is 1.45. The number of halogens is 1. The summed E-state index contributed by atoms with van der Waals surface area (Å²) in [5, 5.41) is 1.09. The first-order chi connectivity index (χ1) is 5.27. The normalized spacial score (nSPS) is 10.6. The summed E-state index contributed by atoms with van der Waals surface area (Å²) < 4.78 is 6.18. The minimum absolute atomic E-state index is 0.776. The van der Waals surface area contributed by atoms with Crippen LogP contribution in [0.1, 0.15) is 0 Å². The van der Waals surface area contributed by atoms with Gasteiger partial charge in [0.2, 0.25) is 0 Å². The summed E-state index contributed by atoms with van der Waals surface area (Å²) in [6.07, 6.45) is 0. The summed E-state index contributed by atoms with van der Waals surface area (Å²) in [4.78, 5) is 0. The molecule has 2 N–H and O–H groups in total. The van der Waals surface area contributed by atoms with Gasteiger partial charge in [-0.1, -0.05) is 0 Å². The number of nitrogens with zero attached hydrogens (tertiary/aromatic N) is 1. The standard InChI is InChI=1S/C7H5BrN2S/c8-7-5-3-4(9)1-2-6(5)11-10-7/h1-3H,9H2. The minimum atomic E-state index is 0.776. The summed E-state index contributed by atoms with van der Waals surface area (Å²) >= 11 is 4.81. The van der Waals surface area contributed by atoms with Crippen LogP contribution in [0.4, 0.5) is 5.69 Å². The quantitative estimate of drug-likeness (QED) is 0.705. The average Bonchev–Trinajstić information content (AvgIpc) is 2.33. The maximum atomic E-state index is 5.61. The van der Waals surface area contributed by atoms with Crippen molar-refractivity contribution in [1.29, 1.82) is 0 Å². The van der Waals surface area contributed by atoms with Crippen LogP contribution in [0.3, 0.4) is 0 Å². The molecule has 0 saturated heterocycles. The molecule has 1 aromatic carbocycles. The molecule has 0 amide bonds. The number of nitrogens with two attached hydrogens (primary N) is 1. The highest BCUT2D eigenvalue weighted by atomic mass is 79.9. The van der Waals surface area contributed by atoms with Crippen LogP contribution in [0.15, 0.2) is 22.8 Å². The molecule has 2 nitrogen and oxygen atoms in total. The molecule has 0 fully saturated rings. The van der Waals surface area contributed by atoms with Gasteiger partial charge in [-0.25, -0.2) is 0 Å². The predicted molar refractivity (Wildman–Crippen MR) is 51.7 cm³/mol. The Bertz CT molecular complexity index is 396. The van der Waals surface area contributed by atoms with E-state index in [4.69, 9.17) is 5.73 Å². The fourth-order valence-electron chi connectivity index (χ4n) is 0.927. The van der Waals surface area contributed by atoms with Crippen molar-refractivity contribution in [2.45, 2.75) is 0 Å². The first kappa shape index (κ1) is 7.06. The smallest absolute Gasteiger partial charge is 0.127 e. The molecule has 0 spiro atoms. The topological polar surface area (TPSA) is 38.9 Å². The van der Waals surface area contributed by atoms with E-state index in [1.165, 1.54) is 11.5 Å². The molecule has 11 heavy (non-hydrogen) atoms. The Hall–Kier alpha value is -0.610. The second-order valence-electron chi connectivity index (χ2n) is 2.23. The van der Waals surface area contributed by atoms with Crippen LogP contribution in [-0.4, -0.2) is 4.37 Å². The Morgan fingerprint density at radius 2 is 2.27 bits per heavy atom. The number of rotatable bonds is 0. The zero-order valence-corrected chi connectivity index (χ0v) is 7.95. The van der Waals surface area contributed by atoms with Gasteiger partial charge >= 0.3 is 0 Å². The second-order valence-corrected chi connectivity index (χ2v) is 3.79. The molecule has 4 heteroatoms. The number of anilines is 1. The van der Waals surface area contributed by atoms with Gasteiger partial charge in [-0.15, -0.1) is 0 Å². The highest BCUT2D eigenvalue weighted by molar-refractivity contribution is 9.10. The van der Waals surface area contributed by atoms with Crippen molar-refractivity contribution in [3.05, 3.63) is 22.8 Å². The van der Waals surface area contributed by atoms with Crippen molar-refractivity contribution < 1.29 is 0 Å². The highest BCUT2D eigenvalue weighted by Crippen LogP contribution is 2.28. The lowest BCUT2D eigenvalue weighted by Crippen LogP contribution is -1.81. The van der Waals surface area contributed by atoms with Crippen molar-refractivity contribution in [3.63, 3.8) is 0 Å². The number of aromatic nitrogens is 1. The number of fused-ring (bicyclic) bond motifs is 1. The van der Waals surface area contributed by atoms with Crippen molar-refractivity contribution in [2.24, 2.45) is 0 Å². The lowest BCUT2D eigenvalue weighted by molar-refractivity contribution is 1.53. The van der Waals surface area contributed by atoms with Gasteiger partial charge in [-0.05, 0) is 45.7 Å². The van der Waals surface area contributed by atoms with E-state index in [1.807, 2.05) is 18.2 Å². The summed E-state index contributed by atoms with van der Waals surface area (Å²) in [7, 11) is 0. The minimum Gasteiger partial charge on any atom is -0.399 e. The van der Waals surface area contributed by atoms with Crippen LogP contribution >= 0.6 is 27.5 Å². The zero-order chi connectivity index (χ0) is 7.84. The molecule has 0 radical (unpaired) electrons. The summed E-state index contributed by atoms with van der Waals surface area (Å²) in [5.41, 5.74) is 6.38. The predicted octanol–water partition coefficient (Wildman–Crippen LogP) is 2.64. The Morgan fingerprint density at radius 3 is 3.09 bits per heavy atom. The number of nitrogen functional groups attached to an aromatic ring is 1. The number of hydrogen-bond donors (Lipinski definition) is 1. The summed E-state index contributed by atoms with van der Waals surface area (Å²) in [6, 6.07) is 5.78. The second kappa shape index (κ2) is 2.46. The molecule has 0 unspecified atom stereocenters. The Morgan fingerprint density at radius 1 is 1.45 bits per heavy atom. The van der Waals surface area contributed by atoms with Crippen molar-refractivity contribution in [1.82, 2.24) is 4.37 Å². The van der Waals surface area contributed by atoms with Crippen LogP contribution in [0.25, 0.3) is 10.1 Å². The summed E-state index contributed by atoms with van der Waals surface area (Å²) in [5.74, 6) is 0. The Balaban J connectivity index is 2.87. The van der Waals surface area contributed by atoms with Crippen LogP contribution < -0.4 is 5.73 Å². The maximum Gasteiger partial charge on any atom is 0.127 e. The van der Waals surface area contributed by atoms with Crippen LogP contribution in [0.5, 0.6) is 0 Å². The van der Waals surface area contributed by atoms with Gasteiger partial charge in [-0.3, -0.25) is 0 Å². The van der Waals surface area contributed by atoms with E-state index in [1.54, 1.807) is 0 Å². The largest absolute Gasteiger partial charge is 0.399 e. The van der Waals surface area contributed by atoms with E-state index in [0.717, 1.165) is 20.4 Å². The van der Waals surface area contributed by atoms with E-state index in [0.29, 0.717) is 0 Å². The van der Waals surface area contributed by atoms with E-state index in [-0.39, 0.29) is 0 Å². The first-order valence-corrected chi connectivity index (χ1v) is 4.64. The van der Waals surface area contributed by atoms with Crippen molar-refractivity contribution >= 4 is 43.2 Å². The highest BCUT2D eigenvalue weighted by Gasteiger charge is 2.01. The van der Waals surface area contributed by atoms with Crippen molar-refractivity contribution in [2.75, 3.05) is 5.73 Å². The van der Waals surface area contributed by atoms with Gasteiger partial charge in [0.25, 0.3) is 0 Å². The molecule has 0 bridgehead atoms. The van der Waals surface area contributed by atoms with E-state index < -0.39 is 0 Å². The molecule has 0 aliphatic carbocycles. The molecule has 1 heterocycles. The van der Waals surface area contributed by atoms with E-state index in [2.05, 4.69) is 20.3 Å². The zero-order valence-electron chi connectivity index (χ0n) is 5.54. The van der Waals surface area contributed by atoms with Gasteiger partial charge in [0, 0.05) is 11.1 Å². The Labute approximate surface area is 76.3 Å². The third-order valence-corrected chi connectivity index (χ3v) is 3.12. The van der Waals surface area contributed by atoms with E-state index in [9.17, 15) is 0 Å². The van der Waals surface area contributed by atoms with E-state index >= 15 is 0 Å². The molecule has 2 aromatic rings. The molecule has 1 aromatic heterocycles. The summed E-state index contributed by atoms with van der Waals surface area (Å²) in [6.45, 7) is 0. The number of hydrogen-bond acceptors (Lipinski definition) is 3. The fraction of sp³-hybridized carbons (Fsp3) is 0. The van der Waals surface area contributed by atoms with Gasteiger partial charge in [-0.2, -0.15) is 4.37 Å². The average molecular weight is 229 g/mol. The maximum absolute atomic E-state index is 5.61. The molecule has 0 aliphatic heterocycles. The van der Waals surface area contributed by atoms with Crippen LogP contribution in [0, 0.1) is 0 Å². The SMILES string of the molecule is Nc1ccc2snc(Br)c2c1. The molecular formula is C7H5BrN2S. The lowest BCUT2D eigenvalue weighted by Gasteiger charge is -1.90. The molecule has 0 saturated carbocycles. The molecule has 0 aliphatic rings. The van der Waals surface area contributed by atoms with Crippen LogP contribution in [-0.2, 0) is 0 Å². The van der Waals surface area contributed by atoms with Gasteiger partial charge in [0.1, 0.15) is 4.60 Å². The lowest BCUT2D eigenvalue weighted by atomic mass is 10.2. The third kappa shape index (κ3) is 1.12. The monoisotopic (exact) mass is 228 g/mol. The fourth-order valence-corrected chi connectivity index (χ4v) is 2.26. The van der Waals surface area contributed by atoms with Crippen LogP contribution in [0.2, 0.25) is 0 Å². The molecule has 56 valence electrons. The number of benzene rings is 1. The molecule has 2 rings (SSSR count). The Kier molecular flexibility index (Phi) is 1.58.